The lowest BCUT2D eigenvalue weighted by Crippen LogP contribution is -2.36. The largest absolute Gasteiger partial charge is 0.456 e. The molecule has 6 nitrogen and oxygen atoms in total. The van der Waals surface area contributed by atoms with Gasteiger partial charge in [0.2, 0.25) is 0 Å². The quantitative estimate of drug-likeness (QED) is 0.191. The number of rotatable bonds is 5. The van der Waals surface area contributed by atoms with Crippen molar-refractivity contribution in [3.05, 3.63) is 193 Å². The summed E-state index contributed by atoms with van der Waals surface area (Å²) in [5.41, 5.74) is 12.2. The lowest BCUT2D eigenvalue weighted by atomic mass is 9.92. The van der Waals surface area contributed by atoms with E-state index in [1.54, 1.807) is 0 Å². The average Bonchev–Trinajstić information content (AvgIpc) is 3.97. The predicted molar refractivity (Wildman–Crippen MR) is 231 cm³/mol. The molecule has 6 heteroatoms. The molecule has 0 radical (unpaired) electrons. The van der Waals surface area contributed by atoms with E-state index in [2.05, 4.69) is 127 Å². The van der Waals surface area contributed by atoms with Crippen molar-refractivity contribution in [2.24, 2.45) is 9.98 Å². The summed E-state index contributed by atoms with van der Waals surface area (Å²) in [6, 6.07) is 60.4. The first kappa shape index (κ1) is 31.6. The van der Waals surface area contributed by atoms with Gasteiger partial charge in [-0.1, -0.05) is 121 Å². The van der Waals surface area contributed by atoms with Crippen LogP contribution < -0.4 is 5.32 Å². The van der Waals surface area contributed by atoms with Gasteiger partial charge in [-0.25, -0.2) is 9.98 Å². The smallest absolute Gasteiger partial charge is 0.171 e. The monoisotopic (exact) mass is 733 g/mol. The Morgan fingerprint density at radius 1 is 0.351 bits per heavy atom. The summed E-state index contributed by atoms with van der Waals surface area (Å²) in [6.45, 7) is 0. The Morgan fingerprint density at radius 3 is 1.49 bits per heavy atom. The van der Waals surface area contributed by atoms with Crippen molar-refractivity contribution in [1.82, 2.24) is 5.32 Å². The normalized spacial score (nSPS) is 14.5. The molecule has 0 aliphatic carbocycles. The van der Waals surface area contributed by atoms with Crippen molar-refractivity contribution < 1.29 is 13.3 Å². The van der Waals surface area contributed by atoms with Crippen molar-refractivity contribution in [2.75, 3.05) is 0 Å². The second kappa shape index (κ2) is 12.4. The number of aliphatic imine (C=N–C) groups is 2. The summed E-state index contributed by atoms with van der Waals surface area (Å²) in [4.78, 5) is 11.0. The van der Waals surface area contributed by atoms with E-state index in [4.69, 9.17) is 23.2 Å². The Bertz CT molecular complexity index is 3440. The summed E-state index contributed by atoms with van der Waals surface area (Å²) in [5, 5.41) is 9.91. The molecule has 268 valence electrons. The molecule has 1 atom stereocenters. The molecule has 1 N–H and O–H groups in total. The van der Waals surface area contributed by atoms with E-state index in [1.807, 2.05) is 54.6 Å². The van der Waals surface area contributed by atoms with Gasteiger partial charge in [-0.2, -0.15) is 0 Å². The van der Waals surface area contributed by atoms with Gasteiger partial charge >= 0.3 is 0 Å². The number of benzene rings is 8. The molecule has 3 aromatic heterocycles. The van der Waals surface area contributed by atoms with Crippen LogP contribution in [-0.2, 0) is 0 Å². The van der Waals surface area contributed by atoms with Crippen LogP contribution in [-0.4, -0.2) is 11.7 Å². The second-order valence-electron chi connectivity index (χ2n) is 14.5. The summed E-state index contributed by atoms with van der Waals surface area (Å²) in [5.74, 6) is 1.45. The highest BCUT2D eigenvalue weighted by Gasteiger charge is 2.28. The molecule has 1 aliphatic rings. The topological polar surface area (TPSA) is 76.2 Å². The van der Waals surface area contributed by atoms with Crippen molar-refractivity contribution in [3.8, 4) is 22.3 Å². The van der Waals surface area contributed by atoms with Gasteiger partial charge in [0.15, 0.2) is 6.17 Å². The van der Waals surface area contributed by atoms with Gasteiger partial charge in [0.25, 0.3) is 0 Å². The fourth-order valence-corrected chi connectivity index (χ4v) is 8.45. The molecule has 4 heterocycles. The second-order valence-corrected chi connectivity index (χ2v) is 14.5. The lowest BCUT2D eigenvalue weighted by molar-refractivity contribution is 0.667. The molecule has 0 saturated heterocycles. The maximum absolute atomic E-state index is 6.51. The van der Waals surface area contributed by atoms with Gasteiger partial charge in [0.05, 0.1) is 0 Å². The molecule has 0 spiro atoms. The van der Waals surface area contributed by atoms with Crippen LogP contribution in [0, 0.1) is 0 Å². The highest BCUT2D eigenvalue weighted by atomic mass is 16.3. The molecule has 1 aliphatic heterocycles. The molecule has 11 aromatic rings. The lowest BCUT2D eigenvalue weighted by Gasteiger charge is -2.24. The maximum atomic E-state index is 6.51. The molecule has 0 bridgehead atoms. The fourth-order valence-electron chi connectivity index (χ4n) is 8.45. The highest BCUT2D eigenvalue weighted by molar-refractivity contribution is 6.18. The number of hydrogen-bond acceptors (Lipinski definition) is 6. The predicted octanol–water partition coefficient (Wildman–Crippen LogP) is 13.2. The third kappa shape index (κ3) is 5.11. The number of fused-ring (bicyclic) bond motifs is 9. The van der Waals surface area contributed by atoms with Gasteiger partial charge in [0, 0.05) is 49.0 Å². The fraction of sp³-hybridized carbons (Fsp3) is 0.0196. The van der Waals surface area contributed by atoms with Gasteiger partial charge < -0.3 is 18.6 Å². The van der Waals surface area contributed by atoms with E-state index in [1.165, 1.54) is 0 Å². The molecular weight excluding hydrogens is 703 g/mol. The number of nitrogens with zero attached hydrogens (tertiary/aromatic N) is 2. The van der Waals surface area contributed by atoms with E-state index in [0.29, 0.717) is 0 Å². The third-order valence-corrected chi connectivity index (χ3v) is 11.2. The Labute approximate surface area is 326 Å². The summed E-state index contributed by atoms with van der Waals surface area (Å²) < 4.78 is 19.0. The molecule has 1 unspecified atom stereocenters. The number of amidine groups is 2. The highest BCUT2D eigenvalue weighted by Crippen LogP contribution is 2.44. The first-order valence-corrected chi connectivity index (χ1v) is 19.1. The minimum Gasteiger partial charge on any atom is -0.456 e. The zero-order valence-corrected chi connectivity index (χ0v) is 30.4. The summed E-state index contributed by atoms with van der Waals surface area (Å²) >= 11 is 0. The Balaban J connectivity index is 1.10. The maximum Gasteiger partial charge on any atom is 0.171 e. The molecule has 12 rings (SSSR count). The number of nitrogens with one attached hydrogen (secondary N) is 1. The van der Waals surface area contributed by atoms with Crippen LogP contribution in [0.5, 0.6) is 0 Å². The van der Waals surface area contributed by atoms with Crippen LogP contribution in [0.25, 0.3) is 88.1 Å². The van der Waals surface area contributed by atoms with Crippen LogP contribution in [0.3, 0.4) is 0 Å². The Morgan fingerprint density at radius 2 is 0.807 bits per heavy atom. The van der Waals surface area contributed by atoms with E-state index < -0.39 is 6.17 Å². The number of furan rings is 3. The van der Waals surface area contributed by atoms with Crippen molar-refractivity contribution >= 4 is 77.5 Å². The minimum atomic E-state index is -0.627. The van der Waals surface area contributed by atoms with Crippen LogP contribution in [0.2, 0.25) is 0 Å². The van der Waals surface area contributed by atoms with Crippen molar-refractivity contribution in [1.29, 1.82) is 0 Å². The van der Waals surface area contributed by atoms with Crippen LogP contribution in [0.4, 0.5) is 0 Å². The van der Waals surface area contributed by atoms with Gasteiger partial charge in [-0.05, 0) is 76.9 Å². The average molecular weight is 734 g/mol. The molecule has 0 amide bonds. The third-order valence-electron chi connectivity index (χ3n) is 11.2. The molecule has 57 heavy (non-hydrogen) atoms. The standard InChI is InChI=1S/C51H31N3O3/c1-2-10-30(11-3-1)31-18-20-32(21-19-31)49-52-50(34-23-26-45-40(29-34)37-13-5-8-16-42(37)56-45)54-51(53-49)48-35(24-27-46-47(48)38-14-6-9-17-43(38)57-46)33-22-25-44-39(28-33)36-12-4-7-15-41(36)55-44/h1-29,51H,(H,52,53,54). The van der Waals surface area contributed by atoms with E-state index >= 15 is 0 Å². The van der Waals surface area contributed by atoms with Gasteiger partial charge in [-0.3, -0.25) is 0 Å². The molecule has 0 saturated carbocycles. The van der Waals surface area contributed by atoms with Crippen LogP contribution in [0.15, 0.2) is 199 Å². The summed E-state index contributed by atoms with van der Waals surface area (Å²) in [6.07, 6.45) is -0.627. The zero-order chi connectivity index (χ0) is 37.5. The zero-order valence-electron chi connectivity index (χ0n) is 30.4. The molecule has 8 aromatic carbocycles. The minimum absolute atomic E-state index is 0.627. The first-order valence-electron chi connectivity index (χ1n) is 19.1. The van der Waals surface area contributed by atoms with Gasteiger partial charge in [0.1, 0.15) is 45.2 Å². The number of para-hydroxylation sites is 3. The summed E-state index contributed by atoms with van der Waals surface area (Å²) in [7, 11) is 0. The Hall–Kier alpha value is -7.70. The van der Waals surface area contributed by atoms with Crippen molar-refractivity contribution in [3.63, 3.8) is 0 Å². The first-order chi connectivity index (χ1) is 28.2. The number of hydrogen-bond donors (Lipinski definition) is 1. The van der Waals surface area contributed by atoms with E-state index in [-0.39, 0.29) is 0 Å². The van der Waals surface area contributed by atoms with Crippen molar-refractivity contribution in [2.45, 2.75) is 6.17 Å². The molecular formula is C51H31N3O3. The van der Waals surface area contributed by atoms with Crippen LogP contribution in [0.1, 0.15) is 22.9 Å². The SMILES string of the molecule is c1ccc(-c2ccc(C3=NC(c4c(-c5ccc6oc7ccccc7c6c5)ccc5oc6ccccc6c45)N=C(c4ccc5oc6ccccc6c5c4)N3)cc2)cc1. The van der Waals surface area contributed by atoms with E-state index in [9.17, 15) is 0 Å². The van der Waals surface area contributed by atoms with E-state index in [0.717, 1.165) is 116 Å². The Kier molecular flexibility index (Phi) is 6.89. The van der Waals surface area contributed by atoms with Gasteiger partial charge in [-0.15, -0.1) is 0 Å². The van der Waals surface area contributed by atoms with Crippen LogP contribution >= 0.6 is 0 Å². The molecule has 0 fully saturated rings.